The fraction of sp³-hybridized carbons (Fsp3) is 0.133. The van der Waals surface area contributed by atoms with Crippen molar-refractivity contribution in [2.45, 2.75) is 6.61 Å². The van der Waals surface area contributed by atoms with Crippen LogP contribution < -0.4 is 4.74 Å². The number of nitrogens with zero attached hydrogens (tertiary/aromatic N) is 2. The Kier molecular flexibility index (Phi) is 2.83. The Morgan fingerprint density at radius 1 is 1.11 bits per heavy atom. The van der Waals surface area contributed by atoms with Crippen molar-refractivity contribution in [2.75, 3.05) is 0 Å². The third-order valence-electron chi connectivity index (χ3n) is 3.10. The number of imidazole rings is 1. The first-order valence-corrected chi connectivity index (χ1v) is 6.07. The molecule has 0 amide bonds. The van der Waals surface area contributed by atoms with E-state index in [2.05, 4.69) is 4.98 Å². The Bertz CT molecular complexity index is 719. The molecule has 0 aliphatic rings. The highest BCUT2D eigenvalue weighted by Gasteiger charge is 2.08. The van der Waals surface area contributed by atoms with Gasteiger partial charge in [-0.2, -0.15) is 0 Å². The highest BCUT2D eigenvalue weighted by molar-refractivity contribution is 5.75. The molecule has 19 heavy (non-hydrogen) atoms. The average Bonchev–Trinajstić information content (AvgIpc) is 2.75. The van der Waals surface area contributed by atoms with Gasteiger partial charge in [-0.05, 0) is 24.3 Å². The van der Waals surface area contributed by atoms with E-state index in [9.17, 15) is 5.11 Å². The fourth-order valence-electron chi connectivity index (χ4n) is 2.05. The molecular weight excluding hydrogens is 240 g/mol. The maximum atomic E-state index is 9.65. The zero-order chi connectivity index (χ0) is 13.2. The van der Waals surface area contributed by atoms with Gasteiger partial charge >= 0.3 is 0 Å². The standard InChI is InChI=1S/C15H14N2O2/c1-17-12-7-3-2-6-11(12)16-15(17)10-19-14-9-5-4-8-13(14)18/h2-9,18H,10H2,1H3. The minimum atomic E-state index is 0.140. The number of hydrogen-bond donors (Lipinski definition) is 1. The molecule has 0 fully saturated rings. The lowest BCUT2D eigenvalue weighted by molar-refractivity contribution is 0.277. The molecule has 0 unspecified atom stereocenters. The second kappa shape index (κ2) is 4.65. The topological polar surface area (TPSA) is 47.3 Å². The molecule has 3 aromatic rings. The Morgan fingerprint density at radius 2 is 1.84 bits per heavy atom. The first-order chi connectivity index (χ1) is 9.25. The summed E-state index contributed by atoms with van der Waals surface area (Å²) < 4.78 is 7.60. The third kappa shape index (κ3) is 2.12. The molecule has 2 aromatic carbocycles. The van der Waals surface area contributed by atoms with Crippen LogP contribution in [0, 0.1) is 0 Å². The zero-order valence-electron chi connectivity index (χ0n) is 10.6. The van der Waals surface area contributed by atoms with Gasteiger partial charge < -0.3 is 14.4 Å². The maximum Gasteiger partial charge on any atom is 0.161 e. The summed E-state index contributed by atoms with van der Waals surface area (Å²) in [5.74, 6) is 1.43. The van der Waals surface area contributed by atoms with Crippen molar-refractivity contribution in [2.24, 2.45) is 7.05 Å². The summed E-state index contributed by atoms with van der Waals surface area (Å²) in [6.45, 7) is 0.322. The second-order valence-electron chi connectivity index (χ2n) is 4.33. The third-order valence-corrected chi connectivity index (χ3v) is 3.10. The highest BCUT2D eigenvalue weighted by atomic mass is 16.5. The molecule has 1 N–H and O–H groups in total. The van der Waals surface area contributed by atoms with Crippen molar-refractivity contribution in [3.8, 4) is 11.5 Å². The number of phenolic OH excluding ortho intramolecular Hbond substituents is 1. The normalized spacial score (nSPS) is 10.8. The van der Waals surface area contributed by atoms with Crippen LogP contribution in [0.3, 0.4) is 0 Å². The van der Waals surface area contributed by atoms with Crippen LogP contribution in [-0.4, -0.2) is 14.7 Å². The van der Waals surface area contributed by atoms with Gasteiger partial charge in [0.05, 0.1) is 11.0 Å². The number of aromatic nitrogens is 2. The summed E-state index contributed by atoms with van der Waals surface area (Å²) >= 11 is 0. The lowest BCUT2D eigenvalue weighted by Gasteiger charge is -2.07. The van der Waals surface area contributed by atoms with Gasteiger partial charge in [0.2, 0.25) is 0 Å². The minimum absolute atomic E-state index is 0.140. The first-order valence-electron chi connectivity index (χ1n) is 6.07. The van der Waals surface area contributed by atoms with E-state index >= 15 is 0 Å². The van der Waals surface area contributed by atoms with Crippen molar-refractivity contribution in [3.05, 3.63) is 54.4 Å². The van der Waals surface area contributed by atoms with Crippen LogP contribution in [0.25, 0.3) is 11.0 Å². The van der Waals surface area contributed by atoms with Crippen molar-refractivity contribution < 1.29 is 9.84 Å². The molecular formula is C15H14N2O2. The molecule has 0 radical (unpaired) electrons. The quantitative estimate of drug-likeness (QED) is 0.781. The smallest absolute Gasteiger partial charge is 0.161 e. The van der Waals surface area contributed by atoms with E-state index in [1.807, 2.05) is 41.9 Å². The Morgan fingerprint density at radius 3 is 2.63 bits per heavy atom. The summed E-state index contributed by atoms with van der Waals surface area (Å²) in [7, 11) is 1.96. The molecule has 0 saturated carbocycles. The van der Waals surface area contributed by atoms with Gasteiger partial charge in [0.1, 0.15) is 12.4 Å². The lowest BCUT2D eigenvalue weighted by atomic mass is 10.3. The second-order valence-corrected chi connectivity index (χ2v) is 4.33. The SMILES string of the molecule is Cn1c(COc2ccccc2O)nc2ccccc21. The molecule has 4 nitrogen and oxygen atoms in total. The zero-order valence-corrected chi connectivity index (χ0v) is 10.6. The number of benzene rings is 2. The summed E-state index contributed by atoms with van der Waals surface area (Å²) in [4.78, 5) is 4.51. The van der Waals surface area contributed by atoms with Crippen LogP contribution in [0.2, 0.25) is 0 Å². The van der Waals surface area contributed by atoms with Gasteiger partial charge in [-0.15, -0.1) is 0 Å². The van der Waals surface area contributed by atoms with Crippen molar-refractivity contribution in [1.29, 1.82) is 0 Å². The Hall–Kier alpha value is -2.49. The number of fused-ring (bicyclic) bond motifs is 1. The Labute approximate surface area is 110 Å². The summed E-state index contributed by atoms with van der Waals surface area (Å²) in [5.41, 5.74) is 2.01. The number of aryl methyl sites for hydroxylation is 1. The van der Waals surface area contributed by atoms with Crippen LogP contribution >= 0.6 is 0 Å². The monoisotopic (exact) mass is 254 g/mol. The number of rotatable bonds is 3. The molecule has 0 spiro atoms. The van der Waals surface area contributed by atoms with E-state index in [0.29, 0.717) is 12.4 Å². The van der Waals surface area contributed by atoms with Gasteiger partial charge in [0.25, 0.3) is 0 Å². The van der Waals surface area contributed by atoms with Gasteiger partial charge in [-0.1, -0.05) is 24.3 Å². The predicted octanol–water partition coefficient (Wildman–Crippen LogP) is 2.86. The van der Waals surface area contributed by atoms with Gasteiger partial charge in [-0.3, -0.25) is 0 Å². The number of aromatic hydroxyl groups is 1. The van der Waals surface area contributed by atoms with Crippen LogP contribution in [0.15, 0.2) is 48.5 Å². The van der Waals surface area contributed by atoms with Crippen molar-refractivity contribution >= 4 is 11.0 Å². The minimum Gasteiger partial charge on any atom is -0.504 e. The van der Waals surface area contributed by atoms with Crippen LogP contribution in [0.1, 0.15) is 5.82 Å². The first kappa shape index (κ1) is 11.6. The van der Waals surface area contributed by atoms with Crippen molar-refractivity contribution in [1.82, 2.24) is 9.55 Å². The van der Waals surface area contributed by atoms with E-state index in [-0.39, 0.29) is 5.75 Å². The number of phenols is 1. The molecule has 0 aliphatic heterocycles. The molecule has 3 rings (SSSR count). The molecule has 0 bridgehead atoms. The van der Waals surface area contributed by atoms with E-state index < -0.39 is 0 Å². The molecule has 1 heterocycles. The van der Waals surface area contributed by atoms with E-state index in [4.69, 9.17) is 4.74 Å². The molecule has 96 valence electrons. The molecule has 1 aromatic heterocycles. The lowest BCUT2D eigenvalue weighted by Crippen LogP contribution is -2.03. The fourth-order valence-corrected chi connectivity index (χ4v) is 2.05. The maximum absolute atomic E-state index is 9.65. The number of ether oxygens (including phenoxy) is 1. The van der Waals surface area contributed by atoms with E-state index in [0.717, 1.165) is 16.9 Å². The molecule has 0 atom stereocenters. The molecule has 0 saturated heterocycles. The van der Waals surface area contributed by atoms with E-state index in [1.165, 1.54) is 0 Å². The van der Waals surface area contributed by atoms with Crippen LogP contribution in [0.5, 0.6) is 11.5 Å². The summed E-state index contributed by atoms with van der Waals surface area (Å²) in [5, 5.41) is 9.65. The largest absolute Gasteiger partial charge is 0.504 e. The Balaban J connectivity index is 1.86. The van der Waals surface area contributed by atoms with E-state index in [1.54, 1.807) is 18.2 Å². The predicted molar refractivity (Wildman–Crippen MR) is 73.2 cm³/mol. The van der Waals surface area contributed by atoms with Gasteiger partial charge in [0, 0.05) is 7.05 Å². The van der Waals surface area contributed by atoms with Crippen molar-refractivity contribution in [3.63, 3.8) is 0 Å². The summed E-state index contributed by atoms with van der Waals surface area (Å²) in [6, 6.07) is 14.9. The number of para-hydroxylation sites is 4. The average molecular weight is 254 g/mol. The van der Waals surface area contributed by atoms with Gasteiger partial charge in [-0.25, -0.2) is 4.98 Å². The van der Waals surface area contributed by atoms with Gasteiger partial charge in [0.15, 0.2) is 11.5 Å². The van der Waals surface area contributed by atoms with Crippen LogP contribution in [0.4, 0.5) is 0 Å². The highest BCUT2D eigenvalue weighted by Crippen LogP contribution is 2.25. The number of hydrogen-bond acceptors (Lipinski definition) is 3. The molecule has 4 heteroatoms. The summed E-state index contributed by atoms with van der Waals surface area (Å²) in [6.07, 6.45) is 0. The van der Waals surface area contributed by atoms with Crippen LogP contribution in [-0.2, 0) is 13.7 Å². The molecule has 0 aliphatic carbocycles.